The summed E-state index contributed by atoms with van der Waals surface area (Å²) in [7, 11) is 0. The van der Waals surface area contributed by atoms with Gasteiger partial charge >= 0.3 is 5.97 Å². The van der Waals surface area contributed by atoms with Crippen molar-refractivity contribution < 1.29 is 19.1 Å². The van der Waals surface area contributed by atoms with Crippen LogP contribution in [0.5, 0.6) is 0 Å². The molecule has 102 valence electrons. The Kier molecular flexibility index (Phi) is 4.42. The van der Waals surface area contributed by atoms with Gasteiger partial charge in [0.05, 0.1) is 10.9 Å². The molecule has 0 saturated carbocycles. The molecule has 1 aliphatic heterocycles. The Morgan fingerprint density at radius 1 is 1.37 bits per heavy atom. The molecule has 2 N–H and O–H groups in total. The Balaban J connectivity index is 2.16. The molecule has 4 nitrogen and oxygen atoms in total. The zero-order valence-corrected chi connectivity index (χ0v) is 11.0. The lowest BCUT2D eigenvalue weighted by molar-refractivity contribution is -0.115. The van der Waals surface area contributed by atoms with Crippen molar-refractivity contribution in [3.8, 4) is 0 Å². The average molecular weight is 283 g/mol. The summed E-state index contributed by atoms with van der Waals surface area (Å²) in [5, 5.41) is 11.3. The van der Waals surface area contributed by atoms with Crippen molar-refractivity contribution in [3.05, 3.63) is 29.6 Å². The molecular weight excluding hydrogens is 269 g/mol. The SMILES string of the molecule is O=C(O)c1c(F)cccc1NC(=O)C1CCCCS1. The Hall–Kier alpha value is -1.56. The first-order chi connectivity index (χ1) is 9.09. The fourth-order valence-electron chi connectivity index (χ4n) is 2.01. The Morgan fingerprint density at radius 3 is 2.79 bits per heavy atom. The number of anilines is 1. The van der Waals surface area contributed by atoms with Crippen LogP contribution in [0, 0.1) is 5.82 Å². The number of hydrogen-bond donors (Lipinski definition) is 2. The van der Waals surface area contributed by atoms with Crippen molar-refractivity contribution in [2.24, 2.45) is 0 Å². The second kappa shape index (κ2) is 6.06. The van der Waals surface area contributed by atoms with Gasteiger partial charge in [0, 0.05) is 0 Å². The third-order valence-electron chi connectivity index (χ3n) is 2.96. The van der Waals surface area contributed by atoms with E-state index in [2.05, 4.69) is 5.32 Å². The second-order valence-electron chi connectivity index (χ2n) is 4.31. The number of rotatable bonds is 3. The summed E-state index contributed by atoms with van der Waals surface area (Å²) in [5.41, 5.74) is -0.472. The summed E-state index contributed by atoms with van der Waals surface area (Å²) in [6.07, 6.45) is 2.85. The summed E-state index contributed by atoms with van der Waals surface area (Å²) in [4.78, 5) is 23.0. The first-order valence-electron chi connectivity index (χ1n) is 6.04. The number of amides is 1. The van der Waals surface area contributed by atoms with Crippen molar-refractivity contribution in [1.29, 1.82) is 0 Å². The lowest BCUT2D eigenvalue weighted by Gasteiger charge is -2.20. The van der Waals surface area contributed by atoms with Crippen LogP contribution in [-0.4, -0.2) is 28.0 Å². The van der Waals surface area contributed by atoms with E-state index in [0.29, 0.717) is 0 Å². The Labute approximate surface area is 114 Å². The normalized spacial score (nSPS) is 18.9. The fraction of sp³-hybridized carbons (Fsp3) is 0.385. The van der Waals surface area contributed by atoms with Gasteiger partial charge in [-0.15, -0.1) is 11.8 Å². The summed E-state index contributed by atoms with van der Waals surface area (Å²) in [6, 6.07) is 3.85. The minimum Gasteiger partial charge on any atom is -0.478 e. The van der Waals surface area contributed by atoms with Gasteiger partial charge in [-0.25, -0.2) is 9.18 Å². The van der Waals surface area contributed by atoms with Gasteiger partial charge in [0.2, 0.25) is 5.91 Å². The molecule has 6 heteroatoms. The third-order valence-corrected chi connectivity index (χ3v) is 4.33. The molecule has 1 atom stereocenters. The van der Waals surface area contributed by atoms with Crippen LogP contribution in [0.25, 0.3) is 0 Å². The Bertz CT molecular complexity index is 501. The second-order valence-corrected chi connectivity index (χ2v) is 5.62. The minimum atomic E-state index is -1.38. The molecule has 1 heterocycles. The molecule has 2 rings (SSSR count). The highest BCUT2D eigenvalue weighted by Crippen LogP contribution is 2.27. The van der Waals surface area contributed by atoms with E-state index in [1.807, 2.05) is 0 Å². The van der Waals surface area contributed by atoms with Crippen LogP contribution in [0.15, 0.2) is 18.2 Å². The number of hydrogen-bond acceptors (Lipinski definition) is 3. The molecule has 1 aromatic carbocycles. The van der Waals surface area contributed by atoms with E-state index in [4.69, 9.17) is 5.11 Å². The van der Waals surface area contributed by atoms with E-state index in [9.17, 15) is 14.0 Å². The number of benzene rings is 1. The number of thioether (sulfide) groups is 1. The van der Waals surface area contributed by atoms with Gasteiger partial charge in [-0.2, -0.15) is 0 Å². The number of carbonyl (C=O) groups excluding carboxylic acids is 1. The predicted molar refractivity (Wildman–Crippen MR) is 72.1 cm³/mol. The van der Waals surface area contributed by atoms with E-state index in [1.165, 1.54) is 12.1 Å². The van der Waals surface area contributed by atoms with Crippen LogP contribution in [0.1, 0.15) is 29.6 Å². The zero-order valence-electron chi connectivity index (χ0n) is 10.2. The Morgan fingerprint density at radius 2 is 2.16 bits per heavy atom. The van der Waals surface area contributed by atoms with Gasteiger partial charge in [0.1, 0.15) is 11.4 Å². The monoisotopic (exact) mass is 283 g/mol. The number of carboxylic acid groups (broad SMARTS) is 1. The van der Waals surface area contributed by atoms with Crippen LogP contribution in [0.4, 0.5) is 10.1 Å². The molecule has 0 radical (unpaired) electrons. The van der Waals surface area contributed by atoms with Gasteiger partial charge in [0.15, 0.2) is 0 Å². The summed E-state index contributed by atoms with van der Waals surface area (Å²) >= 11 is 1.56. The van der Waals surface area contributed by atoms with Crippen molar-refractivity contribution >= 4 is 29.3 Å². The largest absolute Gasteiger partial charge is 0.478 e. The van der Waals surface area contributed by atoms with Crippen LogP contribution >= 0.6 is 11.8 Å². The van der Waals surface area contributed by atoms with E-state index in [1.54, 1.807) is 11.8 Å². The highest BCUT2D eigenvalue weighted by molar-refractivity contribution is 8.00. The number of halogens is 1. The number of aromatic carboxylic acids is 1. The lowest BCUT2D eigenvalue weighted by atomic mass is 10.1. The standard InChI is InChI=1S/C13H14FNO3S/c14-8-4-3-5-9(11(8)13(17)18)15-12(16)10-6-1-2-7-19-10/h3-5,10H,1-2,6-7H2,(H,15,16)(H,17,18). The van der Waals surface area contributed by atoms with Gasteiger partial charge in [-0.1, -0.05) is 12.5 Å². The number of carboxylic acids is 1. The molecule has 0 aliphatic carbocycles. The molecule has 1 saturated heterocycles. The summed E-state index contributed by atoms with van der Waals surface area (Å²) < 4.78 is 13.5. The van der Waals surface area contributed by atoms with E-state index >= 15 is 0 Å². The van der Waals surface area contributed by atoms with Gasteiger partial charge in [-0.05, 0) is 30.7 Å². The van der Waals surface area contributed by atoms with Gasteiger partial charge in [0.25, 0.3) is 0 Å². The average Bonchev–Trinajstić information content (AvgIpc) is 2.39. The summed E-state index contributed by atoms with van der Waals surface area (Å²) in [5.74, 6) is -1.56. The smallest absolute Gasteiger partial charge is 0.340 e. The molecule has 1 fully saturated rings. The molecule has 0 aromatic heterocycles. The van der Waals surface area contributed by atoms with Crippen LogP contribution in [0.2, 0.25) is 0 Å². The number of nitrogens with one attached hydrogen (secondary N) is 1. The van der Waals surface area contributed by atoms with Gasteiger partial charge in [-0.3, -0.25) is 4.79 Å². The maximum absolute atomic E-state index is 13.5. The fourth-order valence-corrected chi connectivity index (χ4v) is 3.21. The number of carbonyl (C=O) groups is 2. The van der Waals surface area contributed by atoms with Gasteiger partial charge < -0.3 is 10.4 Å². The molecule has 1 unspecified atom stereocenters. The van der Waals surface area contributed by atoms with Crippen LogP contribution in [-0.2, 0) is 4.79 Å². The highest BCUT2D eigenvalue weighted by Gasteiger charge is 2.24. The molecule has 0 bridgehead atoms. The molecular formula is C13H14FNO3S. The molecule has 1 amide bonds. The first-order valence-corrected chi connectivity index (χ1v) is 7.08. The van der Waals surface area contributed by atoms with Crippen molar-refractivity contribution in [2.45, 2.75) is 24.5 Å². The third kappa shape index (κ3) is 3.26. The predicted octanol–water partition coefficient (Wildman–Crippen LogP) is 2.75. The summed E-state index contributed by atoms with van der Waals surface area (Å²) in [6.45, 7) is 0. The van der Waals surface area contributed by atoms with E-state index < -0.39 is 17.3 Å². The lowest BCUT2D eigenvalue weighted by Crippen LogP contribution is -2.28. The molecule has 1 aliphatic rings. The topological polar surface area (TPSA) is 66.4 Å². The molecule has 0 spiro atoms. The first kappa shape index (κ1) is 13.9. The van der Waals surface area contributed by atoms with Crippen molar-refractivity contribution in [1.82, 2.24) is 0 Å². The van der Waals surface area contributed by atoms with E-state index in [-0.39, 0.29) is 16.8 Å². The van der Waals surface area contributed by atoms with Crippen LogP contribution in [0.3, 0.4) is 0 Å². The quantitative estimate of drug-likeness (QED) is 0.895. The highest BCUT2D eigenvalue weighted by atomic mass is 32.2. The minimum absolute atomic E-state index is 0.0173. The van der Waals surface area contributed by atoms with E-state index in [0.717, 1.165) is 31.1 Å². The maximum Gasteiger partial charge on any atom is 0.340 e. The zero-order chi connectivity index (χ0) is 13.8. The maximum atomic E-state index is 13.5. The molecule has 19 heavy (non-hydrogen) atoms. The van der Waals surface area contributed by atoms with Crippen LogP contribution < -0.4 is 5.32 Å². The van der Waals surface area contributed by atoms with Crippen molar-refractivity contribution in [3.63, 3.8) is 0 Å². The van der Waals surface area contributed by atoms with Crippen molar-refractivity contribution in [2.75, 3.05) is 11.1 Å². The molecule has 1 aromatic rings.